The number of aromatic amines is 1. The number of H-pyrrole nitrogens is 1. The van der Waals surface area contributed by atoms with Crippen LogP contribution in [-0.2, 0) is 0 Å². The number of ether oxygens (including phenoxy) is 1. The maximum Gasteiger partial charge on any atom is 0.297 e. The molecular weight excluding hydrogens is 414 g/mol. The number of aromatic hydroxyl groups is 1. The van der Waals surface area contributed by atoms with E-state index in [4.69, 9.17) is 14.3 Å². The fourth-order valence-corrected chi connectivity index (χ4v) is 4.04. The highest BCUT2D eigenvalue weighted by molar-refractivity contribution is 5.83. The molecule has 0 saturated heterocycles. The highest BCUT2D eigenvalue weighted by Gasteiger charge is 2.12. The average molecular weight is 439 g/mol. The first-order valence-corrected chi connectivity index (χ1v) is 10.6. The van der Waals surface area contributed by atoms with E-state index in [1.54, 1.807) is 18.2 Å². The average Bonchev–Trinajstić information content (AvgIpc) is 2.82. The quantitative estimate of drug-likeness (QED) is 0.372. The monoisotopic (exact) mass is 438 g/mol. The number of fused-ring (bicyclic) bond motifs is 2. The molecule has 0 amide bonds. The van der Waals surface area contributed by atoms with Crippen LogP contribution in [0, 0.1) is 13.8 Å². The summed E-state index contributed by atoms with van der Waals surface area (Å²) in [6.45, 7) is 4.09. The van der Waals surface area contributed by atoms with Gasteiger partial charge in [0.25, 0.3) is 5.82 Å². The second kappa shape index (κ2) is 8.31. The molecule has 0 aliphatic rings. The van der Waals surface area contributed by atoms with Crippen molar-refractivity contribution in [2.45, 2.75) is 13.8 Å². The molecule has 0 saturated carbocycles. The van der Waals surface area contributed by atoms with Gasteiger partial charge in [0.1, 0.15) is 22.2 Å². The minimum Gasteiger partial charge on any atom is -0.504 e. The third kappa shape index (κ3) is 3.99. The lowest BCUT2D eigenvalue weighted by molar-refractivity contribution is -0.327. The molecule has 0 spiro atoms. The highest BCUT2D eigenvalue weighted by atomic mass is 16.5. The number of pyridine rings is 1. The summed E-state index contributed by atoms with van der Waals surface area (Å²) in [5.74, 6) is 1.85. The molecule has 2 aromatic heterocycles. The number of anilines is 1. The molecule has 0 radical (unpaired) electrons. The number of rotatable bonds is 4. The van der Waals surface area contributed by atoms with Crippen LogP contribution in [0.5, 0.6) is 11.5 Å². The minimum absolute atomic E-state index is 0.0761. The summed E-state index contributed by atoms with van der Waals surface area (Å²) in [5.41, 5.74) is 7.87. The summed E-state index contributed by atoms with van der Waals surface area (Å²) in [7, 11) is 1.52. The number of aromatic nitrogens is 1. The Hall–Kier alpha value is -4.32. The third-order valence-corrected chi connectivity index (χ3v) is 5.61. The first kappa shape index (κ1) is 20.6. The lowest BCUT2D eigenvalue weighted by atomic mass is 10.0. The van der Waals surface area contributed by atoms with E-state index in [0.29, 0.717) is 11.5 Å². The van der Waals surface area contributed by atoms with Crippen LogP contribution in [0.1, 0.15) is 11.1 Å². The molecule has 0 fully saturated rings. The van der Waals surface area contributed by atoms with Gasteiger partial charge in [-0.25, -0.2) is 4.98 Å². The molecule has 6 heteroatoms. The van der Waals surface area contributed by atoms with Crippen molar-refractivity contribution < 1.29 is 19.2 Å². The fraction of sp³-hybridized carbons (Fsp3) is 0.111. The van der Waals surface area contributed by atoms with Gasteiger partial charge in [-0.2, -0.15) is 0 Å². The van der Waals surface area contributed by atoms with Crippen molar-refractivity contribution in [2.75, 3.05) is 12.5 Å². The van der Waals surface area contributed by atoms with Crippen LogP contribution >= 0.6 is 0 Å². The second-order valence-corrected chi connectivity index (χ2v) is 8.02. The van der Waals surface area contributed by atoms with Gasteiger partial charge < -0.3 is 14.3 Å². The zero-order chi connectivity index (χ0) is 22.9. The van der Waals surface area contributed by atoms with Gasteiger partial charge in [0.2, 0.25) is 0 Å². The summed E-state index contributed by atoms with van der Waals surface area (Å²) < 4.78 is 11.5. The Bertz CT molecular complexity index is 1570. The Kier molecular flexibility index (Phi) is 5.18. The molecule has 5 aromatic rings. The topological polar surface area (TPSA) is 81.1 Å². The molecule has 5 rings (SSSR count). The van der Waals surface area contributed by atoms with Gasteiger partial charge in [-0.3, -0.25) is 0 Å². The van der Waals surface area contributed by atoms with E-state index < -0.39 is 0 Å². The summed E-state index contributed by atoms with van der Waals surface area (Å²) in [6, 6.07) is 23.2. The van der Waals surface area contributed by atoms with Gasteiger partial charge >= 0.3 is 0 Å². The molecule has 2 heterocycles. The minimum atomic E-state index is 0.0761. The fourth-order valence-electron chi connectivity index (χ4n) is 4.04. The van der Waals surface area contributed by atoms with Gasteiger partial charge in [0, 0.05) is 28.5 Å². The molecule has 6 nitrogen and oxygen atoms in total. The summed E-state index contributed by atoms with van der Waals surface area (Å²) >= 11 is 0. The zero-order valence-corrected chi connectivity index (χ0v) is 18.6. The number of nitrogens with one attached hydrogen (secondary N) is 2. The first-order chi connectivity index (χ1) is 16.0. The Balaban J connectivity index is 1.67. The summed E-state index contributed by atoms with van der Waals surface area (Å²) in [6.07, 6.45) is 0. The SMILES string of the molecule is COc1cc(-c2c/c(=N\Nc3ccc4ccccc4[nH+]3)c3c(C)cc(C)cc3o2)ccc1O. The number of para-hydroxylation sites is 1. The van der Waals surface area contributed by atoms with Gasteiger partial charge in [-0.1, -0.05) is 29.4 Å². The molecule has 3 N–H and O–H groups in total. The standard InChI is InChI=1S/C27H23N3O3/c1-16-12-17(2)27-21(29-30-26-11-9-18-6-4-5-7-20(18)28-26)15-23(33-25(27)13-16)19-8-10-22(31)24(14-19)32-3/h4-15,31H,1-3H3,(H,28,30)/p+1/b29-21+. The lowest BCUT2D eigenvalue weighted by Gasteiger charge is -2.09. The van der Waals surface area contributed by atoms with Crippen LogP contribution in [0.25, 0.3) is 33.2 Å². The van der Waals surface area contributed by atoms with Crippen LogP contribution < -0.4 is 20.5 Å². The van der Waals surface area contributed by atoms with Crippen LogP contribution in [0.2, 0.25) is 0 Å². The maximum absolute atomic E-state index is 9.98. The lowest BCUT2D eigenvalue weighted by Crippen LogP contribution is -2.14. The highest BCUT2D eigenvalue weighted by Crippen LogP contribution is 2.32. The molecule has 33 heavy (non-hydrogen) atoms. The van der Waals surface area contributed by atoms with Crippen LogP contribution in [0.15, 0.2) is 82.3 Å². The van der Waals surface area contributed by atoms with Crippen molar-refractivity contribution in [2.24, 2.45) is 5.10 Å². The Morgan fingerprint density at radius 1 is 0.970 bits per heavy atom. The van der Waals surface area contributed by atoms with Gasteiger partial charge in [-0.15, -0.1) is 5.43 Å². The molecule has 0 aliphatic carbocycles. The van der Waals surface area contributed by atoms with E-state index in [9.17, 15) is 5.11 Å². The van der Waals surface area contributed by atoms with Crippen molar-refractivity contribution in [3.8, 4) is 22.8 Å². The number of hydrogen-bond donors (Lipinski definition) is 2. The molecule has 0 unspecified atom stereocenters. The number of phenolic OH excluding ortho intramolecular Hbond substituents is 1. The normalized spacial score (nSPS) is 11.8. The molecule has 3 aromatic carbocycles. The second-order valence-electron chi connectivity index (χ2n) is 8.02. The van der Waals surface area contributed by atoms with Crippen molar-refractivity contribution in [1.29, 1.82) is 0 Å². The van der Waals surface area contributed by atoms with Gasteiger partial charge in [0.15, 0.2) is 11.5 Å². The van der Waals surface area contributed by atoms with Crippen molar-refractivity contribution in [3.63, 3.8) is 0 Å². The Morgan fingerprint density at radius 3 is 2.67 bits per heavy atom. The van der Waals surface area contributed by atoms with E-state index in [2.05, 4.69) is 29.5 Å². The predicted molar refractivity (Wildman–Crippen MR) is 129 cm³/mol. The summed E-state index contributed by atoms with van der Waals surface area (Å²) in [4.78, 5) is 3.36. The Morgan fingerprint density at radius 2 is 1.82 bits per heavy atom. The van der Waals surface area contributed by atoms with E-state index in [0.717, 1.165) is 49.7 Å². The van der Waals surface area contributed by atoms with Gasteiger partial charge in [-0.05, 0) is 61.4 Å². The van der Waals surface area contributed by atoms with Crippen molar-refractivity contribution >= 4 is 27.7 Å². The van der Waals surface area contributed by atoms with E-state index >= 15 is 0 Å². The predicted octanol–water partition coefficient (Wildman–Crippen LogP) is 5.33. The van der Waals surface area contributed by atoms with E-state index in [1.807, 2.05) is 49.4 Å². The van der Waals surface area contributed by atoms with Crippen LogP contribution in [0.3, 0.4) is 0 Å². The largest absolute Gasteiger partial charge is 0.504 e. The Labute approximate surface area is 190 Å². The number of methoxy groups -OCH3 is 1. The molecule has 164 valence electrons. The van der Waals surface area contributed by atoms with Crippen molar-refractivity contribution in [3.05, 3.63) is 89.3 Å². The summed E-state index contributed by atoms with van der Waals surface area (Å²) in [5, 5.41) is 17.5. The molecule has 0 aliphatic heterocycles. The zero-order valence-electron chi connectivity index (χ0n) is 18.6. The van der Waals surface area contributed by atoms with E-state index in [-0.39, 0.29) is 5.75 Å². The van der Waals surface area contributed by atoms with E-state index in [1.165, 1.54) is 7.11 Å². The van der Waals surface area contributed by atoms with Crippen molar-refractivity contribution in [1.82, 2.24) is 0 Å². The van der Waals surface area contributed by atoms with Crippen LogP contribution in [-0.4, -0.2) is 12.2 Å². The molecular formula is C27H24N3O3+. The van der Waals surface area contributed by atoms with Crippen LogP contribution in [0.4, 0.5) is 5.82 Å². The first-order valence-electron chi connectivity index (χ1n) is 10.6. The smallest absolute Gasteiger partial charge is 0.297 e. The number of nitrogens with zero attached hydrogens (tertiary/aromatic N) is 1. The molecule has 0 atom stereocenters. The number of benzene rings is 3. The maximum atomic E-state index is 9.98. The number of hydrogen-bond acceptors (Lipinski definition) is 5. The number of aryl methyl sites for hydroxylation is 2. The molecule has 0 bridgehead atoms. The third-order valence-electron chi connectivity index (χ3n) is 5.61. The number of phenols is 1. The van der Waals surface area contributed by atoms with Gasteiger partial charge in [0.05, 0.1) is 7.11 Å².